The molecule has 1 aromatic heterocycles. The van der Waals surface area contributed by atoms with E-state index in [1.807, 2.05) is 7.05 Å². The van der Waals surface area contributed by atoms with E-state index in [-0.39, 0.29) is 11.8 Å². The third-order valence-corrected chi connectivity index (χ3v) is 2.58. The molecule has 0 radical (unpaired) electrons. The molecule has 5 nitrogen and oxygen atoms in total. The molecule has 1 fully saturated rings. The summed E-state index contributed by atoms with van der Waals surface area (Å²) < 4.78 is 18.4. The van der Waals surface area contributed by atoms with Gasteiger partial charge in [-0.2, -0.15) is 9.37 Å². The second-order valence-corrected chi connectivity index (χ2v) is 3.94. The van der Waals surface area contributed by atoms with Gasteiger partial charge in [-0.25, -0.2) is 4.98 Å². The normalized spacial score (nSPS) is 15.4. The van der Waals surface area contributed by atoms with Gasteiger partial charge in [0.1, 0.15) is 6.61 Å². The number of nitrogen functional groups attached to an aromatic ring is 1. The molecule has 0 aromatic carbocycles. The molecule has 0 bridgehead atoms. The summed E-state index contributed by atoms with van der Waals surface area (Å²) in [7, 11) is 2.03. The first-order chi connectivity index (χ1) is 7.66. The highest BCUT2D eigenvalue weighted by molar-refractivity contribution is 5.22. The molecule has 0 amide bonds. The van der Waals surface area contributed by atoms with E-state index in [1.165, 1.54) is 12.8 Å². The molecule has 1 saturated carbocycles. The molecule has 16 heavy (non-hydrogen) atoms. The lowest BCUT2D eigenvalue weighted by molar-refractivity contribution is 0.219. The van der Waals surface area contributed by atoms with E-state index in [4.69, 9.17) is 10.5 Å². The minimum atomic E-state index is -0.580. The Morgan fingerprint density at radius 1 is 1.62 bits per heavy atom. The summed E-state index contributed by atoms with van der Waals surface area (Å²) in [5.41, 5.74) is 5.34. The topological polar surface area (TPSA) is 64.3 Å². The van der Waals surface area contributed by atoms with E-state index in [0.717, 1.165) is 12.7 Å². The van der Waals surface area contributed by atoms with Crippen LogP contribution in [0.2, 0.25) is 0 Å². The quantitative estimate of drug-likeness (QED) is 0.799. The summed E-state index contributed by atoms with van der Waals surface area (Å²) in [6, 6.07) is 0.670. The van der Waals surface area contributed by atoms with Gasteiger partial charge in [0.25, 0.3) is 5.88 Å². The van der Waals surface area contributed by atoms with Crippen molar-refractivity contribution in [3.63, 3.8) is 0 Å². The first-order valence-corrected chi connectivity index (χ1v) is 5.28. The largest absolute Gasteiger partial charge is 0.474 e. The smallest absolute Gasteiger partial charge is 0.255 e. The van der Waals surface area contributed by atoms with Crippen LogP contribution in [-0.4, -0.2) is 41.1 Å². The first kappa shape index (κ1) is 11.1. The maximum Gasteiger partial charge on any atom is 0.255 e. The molecule has 2 rings (SSSR count). The zero-order valence-electron chi connectivity index (χ0n) is 9.19. The number of likely N-dealkylation sites (N-methyl/N-ethyl adjacent to an activating group) is 1. The number of nitrogens with two attached hydrogens (primary N) is 1. The number of aromatic nitrogens is 2. The van der Waals surface area contributed by atoms with Crippen LogP contribution in [0.4, 0.5) is 10.3 Å². The van der Waals surface area contributed by atoms with Crippen LogP contribution < -0.4 is 10.5 Å². The highest BCUT2D eigenvalue weighted by atomic mass is 19.1. The zero-order valence-corrected chi connectivity index (χ0v) is 9.19. The average Bonchev–Trinajstić information content (AvgIpc) is 3.06. The van der Waals surface area contributed by atoms with E-state index in [2.05, 4.69) is 14.9 Å². The summed E-state index contributed by atoms with van der Waals surface area (Å²) in [4.78, 5) is 9.40. The minimum absolute atomic E-state index is 0.0203. The second kappa shape index (κ2) is 4.61. The van der Waals surface area contributed by atoms with Crippen LogP contribution >= 0.6 is 0 Å². The van der Waals surface area contributed by atoms with E-state index in [1.54, 1.807) is 0 Å². The second-order valence-electron chi connectivity index (χ2n) is 3.94. The molecular weight excluding hydrogens is 211 g/mol. The highest BCUT2D eigenvalue weighted by Gasteiger charge is 2.25. The molecule has 1 heterocycles. The SMILES string of the molecule is CN(CCOc1nc(N)ncc1F)C1CC1. The van der Waals surface area contributed by atoms with Crippen LogP contribution in [-0.2, 0) is 0 Å². The molecule has 2 N–H and O–H groups in total. The van der Waals surface area contributed by atoms with Gasteiger partial charge in [-0.05, 0) is 19.9 Å². The lowest BCUT2D eigenvalue weighted by Crippen LogP contribution is -2.26. The van der Waals surface area contributed by atoms with E-state index >= 15 is 0 Å². The molecule has 1 aromatic rings. The predicted octanol–water partition coefficient (Wildman–Crippen LogP) is 0.671. The Morgan fingerprint density at radius 2 is 2.38 bits per heavy atom. The van der Waals surface area contributed by atoms with E-state index in [9.17, 15) is 4.39 Å². The Bertz CT molecular complexity index is 370. The van der Waals surface area contributed by atoms with Crippen molar-refractivity contribution >= 4 is 5.95 Å². The van der Waals surface area contributed by atoms with Gasteiger partial charge in [-0.15, -0.1) is 0 Å². The molecule has 1 aliphatic carbocycles. The third-order valence-electron chi connectivity index (χ3n) is 2.58. The third kappa shape index (κ3) is 2.79. The van der Waals surface area contributed by atoms with Crippen molar-refractivity contribution in [2.45, 2.75) is 18.9 Å². The Kier molecular flexibility index (Phi) is 3.19. The monoisotopic (exact) mass is 226 g/mol. The average molecular weight is 226 g/mol. The van der Waals surface area contributed by atoms with Crippen LogP contribution in [0.25, 0.3) is 0 Å². The fourth-order valence-corrected chi connectivity index (χ4v) is 1.45. The van der Waals surface area contributed by atoms with Crippen molar-refractivity contribution in [1.29, 1.82) is 0 Å². The molecule has 0 spiro atoms. The maximum absolute atomic E-state index is 13.1. The van der Waals surface area contributed by atoms with Crippen molar-refractivity contribution < 1.29 is 9.13 Å². The van der Waals surface area contributed by atoms with Gasteiger partial charge in [-0.1, -0.05) is 0 Å². The van der Waals surface area contributed by atoms with Gasteiger partial charge in [0, 0.05) is 12.6 Å². The Morgan fingerprint density at radius 3 is 3.06 bits per heavy atom. The summed E-state index contributed by atoms with van der Waals surface area (Å²) >= 11 is 0. The van der Waals surface area contributed by atoms with Gasteiger partial charge >= 0.3 is 0 Å². The lowest BCUT2D eigenvalue weighted by atomic mass is 10.5. The fourth-order valence-electron chi connectivity index (χ4n) is 1.45. The van der Waals surface area contributed by atoms with Crippen molar-refractivity contribution in [2.75, 3.05) is 25.9 Å². The Labute approximate surface area is 93.4 Å². The summed E-state index contributed by atoms with van der Waals surface area (Å²) in [6.07, 6.45) is 3.50. The number of nitrogens with zero attached hydrogens (tertiary/aromatic N) is 3. The number of anilines is 1. The van der Waals surface area contributed by atoms with Crippen molar-refractivity contribution in [3.05, 3.63) is 12.0 Å². The first-order valence-electron chi connectivity index (χ1n) is 5.28. The molecule has 1 aliphatic rings. The van der Waals surface area contributed by atoms with Crippen LogP contribution in [0.1, 0.15) is 12.8 Å². The lowest BCUT2D eigenvalue weighted by Gasteiger charge is -2.15. The zero-order chi connectivity index (χ0) is 11.5. The highest BCUT2D eigenvalue weighted by Crippen LogP contribution is 2.24. The predicted molar refractivity (Wildman–Crippen MR) is 57.5 cm³/mol. The molecule has 0 saturated heterocycles. The van der Waals surface area contributed by atoms with E-state index in [0.29, 0.717) is 12.6 Å². The van der Waals surface area contributed by atoms with Gasteiger partial charge in [-0.3, -0.25) is 0 Å². The Hall–Kier alpha value is -1.43. The molecule has 0 aliphatic heterocycles. The maximum atomic E-state index is 13.1. The van der Waals surface area contributed by atoms with Gasteiger partial charge in [0.15, 0.2) is 0 Å². The number of hydrogen-bond donors (Lipinski definition) is 1. The standard InChI is InChI=1S/C10H15FN4O/c1-15(7-2-3-7)4-5-16-9-8(11)6-13-10(12)14-9/h6-7H,2-5H2,1H3,(H2,12,13,14). The number of ether oxygens (including phenoxy) is 1. The van der Waals surface area contributed by atoms with Gasteiger partial charge in [0.2, 0.25) is 11.8 Å². The van der Waals surface area contributed by atoms with Gasteiger partial charge < -0.3 is 15.4 Å². The van der Waals surface area contributed by atoms with E-state index < -0.39 is 5.82 Å². The molecule has 88 valence electrons. The van der Waals surface area contributed by atoms with Crippen molar-refractivity contribution in [3.8, 4) is 5.88 Å². The molecule has 0 unspecified atom stereocenters. The van der Waals surface area contributed by atoms with Crippen LogP contribution in [0.15, 0.2) is 6.20 Å². The fraction of sp³-hybridized carbons (Fsp3) is 0.600. The van der Waals surface area contributed by atoms with Gasteiger partial charge in [0.05, 0.1) is 6.20 Å². The Balaban J connectivity index is 1.81. The van der Waals surface area contributed by atoms with Crippen LogP contribution in [0, 0.1) is 5.82 Å². The summed E-state index contributed by atoms with van der Waals surface area (Å²) in [6.45, 7) is 1.16. The van der Waals surface area contributed by atoms with Crippen LogP contribution in [0.3, 0.4) is 0 Å². The molecule has 0 atom stereocenters. The van der Waals surface area contributed by atoms with Crippen molar-refractivity contribution in [2.24, 2.45) is 0 Å². The van der Waals surface area contributed by atoms with Crippen LogP contribution in [0.5, 0.6) is 5.88 Å². The number of rotatable bonds is 5. The molecular formula is C10H15FN4O. The van der Waals surface area contributed by atoms with Crippen molar-refractivity contribution in [1.82, 2.24) is 14.9 Å². The summed E-state index contributed by atoms with van der Waals surface area (Å²) in [5, 5.41) is 0. The minimum Gasteiger partial charge on any atom is -0.474 e. The summed E-state index contributed by atoms with van der Waals surface area (Å²) in [5.74, 6) is -0.632. The number of halogens is 1. The number of hydrogen-bond acceptors (Lipinski definition) is 5. The molecule has 6 heteroatoms.